The Kier molecular flexibility index (Phi) is 8.07. The number of nitrogens with one attached hydrogen (secondary N) is 1. The van der Waals surface area contributed by atoms with Crippen LogP contribution < -0.4 is 10.3 Å². The van der Waals surface area contributed by atoms with Gasteiger partial charge in [0.1, 0.15) is 5.75 Å². The van der Waals surface area contributed by atoms with Gasteiger partial charge in [0.05, 0.1) is 19.7 Å². The molecule has 206 valence electrons. The molecule has 3 aromatic carbocycles. The summed E-state index contributed by atoms with van der Waals surface area (Å²) < 4.78 is 7.16. The molecule has 2 heterocycles. The maximum atomic E-state index is 13.3. The molecule has 1 atom stereocenters. The Balaban J connectivity index is 1.51. The van der Waals surface area contributed by atoms with Gasteiger partial charge in [0.15, 0.2) is 5.82 Å². The second kappa shape index (κ2) is 11.8. The Morgan fingerprint density at radius 2 is 1.62 bits per heavy atom. The van der Waals surface area contributed by atoms with Gasteiger partial charge in [-0.05, 0) is 95.6 Å². The summed E-state index contributed by atoms with van der Waals surface area (Å²) in [5, 5.41) is 13.9. The number of tetrazole rings is 1. The van der Waals surface area contributed by atoms with Gasteiger partial charge in [-0.2, -0.15) is 0 Å². The summed E-state index contributed by atoms with van der Waals surface area (Å²) >= 11 is 0. The predicted molar refractivity (Wildman–Crippen MR) is 157 cm³/mol. The Labute approximate surface area is 234 Å². The molecule has 0 unspecified atom stereocenters. The van der Waals surface area contributed by atoms with E-state index < -0.39 is 0 Å². The summed E-state index contributed by atoms with van der Waals surface area (Å²) in [6, 6.07) is 22.6. The highest BCUT2D eigenvalue weighted by Crippen LogP contribution is 2.27. The molecule has 0 aliphatic heterocycles. The first kappa shape index (κ1) is 27.3. The number of aryl methyl sites for hydroxylation is 3. The summed E-state index contributed by atoms with van der Waals surface area (Å²) in [6.45, 7) is 10.0. The number of nitrogens with zero attached hydrogens (tertiary/aromatic N) is 5. The summed E-state index contributed by atoms with van der Waals surface area (Å²) in [5.41, 5.74) is 7.32. The van der Waals surface area contributed by atoms with Gasteiger partial charge in [-0.3, -0.25) is 9.69 Å². The van der Waals surface area contributed by atoms with Crippen LogP contribution in [0.15, 0.2) is 71.5 Å². The molecule has 0 saturated carbocycles. The maximum Gasteiger partial charge on any atom is 0.252 e. The monoisotopic (exact) mass is 536 g/mol. The molecule has 0 amide bonds. The highest BCUT2D eigenvalue weighted by Gasteiger charge is 2.26. The number of hydrogen-bond acceptors (Lipinski definition) is 6. The zero-order chi connectivity index (χ0) is 28.2. The summed E-state index contributed by atoms with van der Waals surface area (Å²) in [5.74, 6) is 1.58. The van der Waals surface area contributed by atoms with Crippen molar-refractivity contribution >= 4 is 10.9 Å². The van der Waals surface area contributed by atoms with E-state index in [1.165, 1.54) is 16.7 Å². The maximum absolute atomic E-state index is 13.3. The Hall–Kier alpha value is -4.30. The SMILES string of the molecule is CC[C@H](c1nnnn1Cc1ccc(OC)cc1)N(Cc1ccc(C)cc1)Cc1cc2cc(C)c(C)cc2[nH]c1=O. The van der Waals surface area contributed by atoms with Gasteiger partial charge in [0.25, 0.3) is 5.56 Å². The fourth-order valence-electron chi connectivity index (χ4n) is 5.13. The Bertz CT molecular complexity index is 1650. The first-order valence-electron chi connectivity index (χ1n) is 13.7. The van der Waals surface area contributed by atoms with Crippen molar-refractivity contribution in [1.29, 1.82) is 0 Å². The van der Waals surface area contributed by atoms with Gasteiger partial charge < -0.3 is 9.72 Å². The van der Waals surface area contributed by atoms with E-state index in [9.17, 15) is 4.79 Å². The van der Waals surface area contributed by atoms with Gasteiger partial charge in [-0.1, -0.05) is 48.9 Å². The number of ether oxygens (including phenoxy) is 1. The summed E-state index contributed by atoms with van der Waals surface area (Å²) in [7, 11) is 1.66. The van der Waals surface area contributed by atoms with Crippen LogP contribution in [0, 0.1) is 20.8 Å². The molecule has 0 spiro atoms. The van der Waals surface area contributed by atoms with Crippen molar-refractivity contribution in [1.82, 2.24) is 30.1 Å². The van der Waals surface area contributed by atoms with Crippen LogP contribution in [0.1, 0.15) is 58.6 Å². The van der Waals surface area contributed by atoms with Crippen molar-refractivity contribution in [2.24, 2.45) is 0 Å². The van der Waals surface area contributed by atoms with Crippen LogP contribution in [0.2, 0.25) is 0 Å². The number of hydrogen-bond donors (Lipinski definition) is 1. The van der Waals surface area contributed by atoms with E-state index in [0.717, 1.165) is 45.6 Å². The fourth-order valence-corrected chi connectivity index (χ4v) is 5.13. The van der Waals surface area contributed by atoms with Crippen LogP contribution in [-0.2, 0) is 19.6 Å². The number of methoxy groups -OCH3 is 1. The first-order valence-corrected chi connectivity index (χ1v) is 13.7. The van der Waals surface area contributed by atoms with E-state index in [1.54, 1.807) is 7.11 Å². The molecule has 0 bridgehead atoms. The largest absolute Gasteiger partial charge is 0.497 e. The van der Waals surface area contributed by atoms with Crippen LogP contribution >= 0.6 is 0 Å². The third kappa shape index (κ3) is 5.97. The highest BCUT2D eigenvalue weighted by atomic mass is 16.5. The van der Waals surface area contributed by atoms with Crippen molar-refractivity contribution in [3.8, 4) is 5.75 Å². The van der Waals surface area contributed by atoms with E-state index in [0.29, 0.717) is 19.6 Å². The second-order valence-electron chi connectivity index (χ2n) is 10.5. The molecule has 8 heteroatoms. The van der Waals surface area contributed by atoms with Crippen LogP contribution in [0.4, 0.5) is 0 Å². The molecule has 8 nitrogen and oxygen atoms in total. The lowest BCUT2D eigenvalue weighted by Gasteiger charge is -2.30. The molecule has 0 radical (unpaired) electrons. The number of H-pyrrole nitrogens is 1. The van der Waals surface area contributed by atoms with E-state index >= 15 is 0 Å². The molecule has 5 rings (SSSR count). The second-order valence-corrected chi connectivity index (χ2v) is 10.5. The molecular formula is C32H36N6O2. The average Bonchev–Trinajstić information content (AvgIpc) is 3.40. The lowest BCUT2D eigenvalue weighted by molar-refractivity contribution is 0.161. The standard InChI is InChI=1S/C32H36N6O2/c1-6-30(31-34-35-36-38(31)19-25-11-13-28(40-5)14-12-25)37(18-24-9-7-21(2)8-10-24)20-27-17-26-15-22(3)23(4)16-29(26)33-32(27)39/h7-17,30H,6,18-20H2,1-5H3,(H,33,39)/t30-/m1/s1. The topological polar surface area (TPSA) is 88.9 Å². The number of rotatable bonds is 10. The minimum atomic E-state index is -0.107. The van der Waals surface area contributed by atoms with E-state index in [-0.39, 0.29) is 11.6 Å². The fraction of sp³-hybridized carbons (Fsp3) is 0.312. The van der Waals surface area contributed by atoms with Crippen LogP contribution in [0.25, 0.3) is 10.9 Å². The highest BCUT2D eigenvalue weighted by molar-refractivity contribution is 5.80. The number of pyridine rings is 1. The Morgan fingerprint density at radius 3 is 2.33 bits per heavy atom. The van der Waals surface area contributed by atoms with Crippen molar-refractivity contribution in [2.75, 3.05) is 7.11 Å². The van der Waals surface area contributed by atoms with Crippen LogP contribution in [0.3, 0.4) is 0 Å². The first-order chi connectivity index (χ1) is 19.3. The number of fused-ring (bicyclic) bond motifs is 1. The molecular weight excluding hydrogens is 500 g/mol. The van der Waals surface area contributed by atoms with Gasteiger partial charge in [0, 0.05) is 24.2 Å². The minimum absolute atomic E-state index is 0.0719. The quantitative estimate of drug-likeness (QED) is 0.248. The van der Waals surface area contributed by atoms with Gasteiger partial charge in [-0.25, -0.2) is 4.68 Å². The van der Waals surface area contributed by atoms with Gasteiger partial charge >= 0.3 is 0 Å². The third-order valence-corrected chi connectivity index (χ3v) is 7.59. The Morgan fingerprint density at radius 1 is 0.925 bits per heavy atom. The minimum Gasteiger partial charge on any atom is -0.497 e. The molecule has 0 saturated heterocycles. The smallest absolute Gasteiger partial charge is 0.252 e. The predicted octanol–water partition coefficient (Wildman–Crippen LogP) is 5.65. The molecule has 0 aliphatic carbocycles. The molecule has 5 aromatic rings. The zero-order valence-electron chi connectivity index (χ0n) is 23.8. The van der Waals surface area contributed by atoms with Gasteiger partial charge in [-0.15, -0.1) is 5.10 Å². The van der Waals surface area contributed by atoms with E-state index in [1.807, 2.05) is 41.1 Å². The number of aromatic amines is 1. The normalized spacial score (nSPS) is 12.2. The van der Waals surface area contributed by atoms with Crippen LogP contribution in [-0.4, -0.2) is 37.2 Å². The van der Waals surface area contributed by atoms with Crippen molar-refractivity contribution in [3.05, 3.63) is 116 Å². The molecule has 2 aromatic heterocycles. The van der Waals surface area contributed by atoms with Crippen molar-refractivity contribution in [3.63, 3.8) is 0 Å². The van der Waals surface area contributed by atoms with Gasteiger partial charge in [0.2, 0.25) is 0 Å². The number of aromatic nitrogens is 5. The van der Waals surface area contributed by atoms with E-state index in [2.05, 4.69) is 83.4 Å². The van der Waals surface area contributed by atoms with Crippen LogP contribution in [0.5, 0.6) is 5.75 Å². The summed E-state index contributed by atoms with van der Waals surface area (Å²) in [6.07, 6.45) is 0.776. The van der Waals surface area contributed by atoms with Crippen molar-refractivity contribution < 1.29 is 4.74 Å². The molecule has 1 N–H and O–H groups in total. The molecule has 0 fully saturated rings. The lowest BCUT2D eigenvalue weighted by atomic mass is 10.0. The van der Waals surface area contributed by atoms with E-state index in [4.69, 9.17) is 4.74 Å². The van der Waals surface area contributed by atoms with Crippen molar-refractivity contribution in [2.45, 2.75) is 59.8 Å². The third-order valence-electron chi connectivity index (χ3n) is 7.59. The lowest BCUT2D eigenvalue weighted by Crippen LogP contribution is -2.32. The molecule has 0 aliphatic rings. The number of benzene rings is 3. The zero-order valence-corrected chi connectivity index (χ0v) is 23.8. The summed E-state index contributed by atoms with van der Waals surface area (Å²) in [4.78, 5) is 18.7. The average molecular weight is 537 g/mol. The molecule has 40 heavy (non-hydrogen) atoms.